The van der Waals surface area contributed by atoms with Crippen molar-refractivity contribution >= 4 is 17.8 Å². The predicted molar refractivity (Wildman–Crippen MR) is 122 cm³/mol. The van der Waals surface area contributed by atoms with E-state index in [2.05, 4.69) is 20.8 Å². The van der Waals surface area contributed by atoms with Crippen LogP contribution in [-0.4, -0.2) is 42.0 Å². The highest BCUT2D eigenvalue weighted by Gasteiger charge is 2.42. The summed E-state index contributed by atoms with van der Waals surface area (Å²) in [5.74, 6) is -1.44. The number of hydrogen-bond donors (Lipinski definition) is 1. The van der Waals surface area contributed by atoms with Crippen molar-refractivity contribution in [2.75, 3.05) is 20.3 Å². The van der Waals surface area contributed by atoms with E-state index in [0.29, 0.717) is 6.61 Å². The topological polar surface area (TPSA) is 66.8 Å². The molecule has 1 aliphatic heterocycles. The summed E-state index contributed by atoms with van der Waals surface area (Å²) >= 11 is 0. The molecule has 2 aromatic carbocycles. The summed E-state index contributed by atoms with van der Waals surface area (Å²) in [6.07, 6.45) is 3.09. The summed E-state index contributed by atoms with van der Waals surface area (Å²) in [7, 11) is 1.55. The number of amides is 1. The van der Waals surface area contributed by atoms with E-state index in [4.69, 9.17) is 4.74 Å². The number of allylic oxidation sites excluding steroid dienone is 1. The van der Waals surface area contributed by atoms with Crippen LogP contribution in [0.2, 0.25) is 0 Å². The van der Waals surface area contributed by atoms with Crippen molar-refractivity contribution in [2.24, 2.45) is 0 Å². The fraction of sp³-hybridized carbons (Fsp3) is 0.308. The van der Waals surface area contributed by atoms with Crippen LogP contribution in [0.15, 0.2) is 72.0 Å². The molecule has 0 aromatic heterocycles. The third kappa shape index (κ3) is 4.94. The standard InChI is InChI=1S/C26H29NO4/c1-26(2,3)20-13-11-19(12-14-20)23-22(24(29)25(30)27(23)16-17-31-4)21(28)15-10-18-8-6-5-7-9-18/h5-15,23,29H,16-17H2,1-4H3. The summed E-state index contributed by atoms with van der Waals surface area (Å²) in [5, 5.41) is 10.6. The molecule has 0 radical (unpaired) electrons. The van der Waals surface area contributed by atoms with Gasteiger partial charge in [-0.25, -0.2) is 0 Å². The molecule has 0 bridgehead atoms. The quantitative estimate of drug-likeness (QED) is 0.666. The number of nitrogens with zero attached hydrogens (tertiary/aromatic N) is 1. The molecule has 0 fully saturated rings. The Hall–Kier alpha value is -3.18. The van der Waals surface area contributed by atoms with Gasteiger partial charge in [0.2, 0.25) is 0 Å². The fourth-order valence-corrected chi connectivity index (χ4v) is 3.66. The van der Waals surface area contributed by atoms with E-state index >= 15 is 0 Å². The molecule has 1 amide bonds. The van der Waals surface area contributed by atoms with Crippen molar-refractivity contribution < 1.29 is 19.4 Å². The Bertz CT molecular complexity index is 998. The predicted octanol–water partition coefficient (Wildman–Crippen LogP) is 4.61. The number of rotatable bonds is 7. The van der Waals surface area contributed by atoms with Crippen LogP contribution in [0.1, 0.15) is 43.5 Å². The number of aliphatic hydroxyl groups excluding tert-OH is 1. The van der Waals surface area contributed by atoms with E-state index in [1.165, 1.54) is 11.0 Å². The molecule has 0 saturated carbocycles. The maximum Gasteiger partial charge on any atom is 0.290 e. The summed E-state index contributed by atoms with van der Waals surface area (Å²) in [4.78, 5) is 27.4. The first-order chi connectivity index (χ1) is 14.7. The van der Waals surface area contributed by atoms with Gasteiger partial charge in [-0.3, -0.25) is 9.59 Å². The molecule has 0 saturated heterocycles. The molecule has 31 heavy (non-hydrogen) atoms. The Labute approximate surface area is 183 Å². The second kappa shape index (κ2) is 9.31. The van der Waals surface area contributed by atoms with Gasteiger partial charge in [0.1, 0.15) is 0 Å². The molecule has 1 atom stereocenters. The third-order valence-electron chi connectivity index (χ3n) is 5.42. The zero-order chi connectivity index (χ0) is 22.6. The molecule has 2 aromatic rings. The van der Waals surface area contributed by atoms with Gasteiger partial charge in [-0.1, -0.05) is 81.4 Å². The van der Waals surface area contributed by atoms with Crippen LogP contribution >= 0.6 is 0 Å². The second-order valence-electron chi connectivity index (χ2n) is 8.64. The van der Waals surface area contributed by atoms with Crippen molar-refractivity contribution in [3.8, 4) is 0 Å². The molecule has 0 aliphatic carbocycles. The van der Waals surface area contributed by atoms with Crippen LogP contribution in [0.3, 0.4) is 0 Å². The molecule has 5 nitrogen and oxygen atoms in total. The first kappa shape index (κ1) is 22.5. The van der Waals surface area contributed by atoms with Gasteiger partial charge in [0.25, 0.3) is 5.91 Å². The van der Waals surface area contributed by atoms with Crippen molar-refractivity contribution in [1.82, 2.24) is 4.90 Å². The van der Waals surface area contributed by atoms with Crippen LogP contribution in [0, 0.1) is 0 Å². The molecule has 3 rings (SSSR count). The molecule has 5 heteroatoms. The van der Waals surface area contributed by atoms with Crippen molar-refractivity contribution in [2.45, 2.75) is 32.2 Å². The number of aliphatic hydroxyl groups is 1. The fourth-order valence-electron chi connectivity index (χ4n) is 3.66. The van der Waals surface area contributed by atoms with Gasteiger partial charge in [-0.15, -0.1) is 0 Å². The lowest BCUT2D eigenvalue weighted by Gasteiger charge is -2.27. The van der Waals surface area contributed by atoms with Crippen LogP contribution in [0.25, 0.3) is 6.08 Å². The van der Waals surface area contributed by atoms with Gasteiger partial charge in [-0.05, 0) is 28.2 Å². The third-order valence-corrected chi connectivity index (χ3v) is 5.42. The minimum Gasteiger partial charge on any atom is -0.503 e. The van der Waals surface area contributed by atoms with E-state index in [-0.39, 0.29) is 23.3 Å². The van der Waals surface area contributed by atoms with E-state index in [0.717, 1.165) is 16.7 Å². The highest BCUT2D eigenvalue weighted by Crippen LogP contribution is 2.38. The number of carbonyl (C=O) groups excluding carboxylic acids is 2. The SMILES string of the molecule is COCCN1C(=O)C(O)=C(C(=O)C=Cc2ccccc2)C1c1ccc(C(C)(C)C)cc1. The Morgan fingerprint density at radius 3 is 2.32 bits per heavy atom. The molecule has 1 unspecified atom stereocenters. The average Bonchev–Trinajstić information content (AvgIpc) is 3.01. The van der Waals surface area contributed by atoms with Gasteiger partial charge in [-0.2, -0.15) is 0 Å². The molecule has 0 spiro atoms. The largest absolute Gasteiger partial charge is 0.503 e. The highest BCUT2D eigenvalue weighted by atomic mass is 16.5. The van der Waals surface area contributed by atoms with Crippen LogP contribution in [0.4, 0.5) is 0 Å². The minimum absolute atomic E-state index is 0.0190. The molecular formula is C26H29NO4. The van der Waals surface area contributed by atoms with Crippen LogP contribution in [0.5, 0.6) is 0 Å². The Balaban J connectivity index is 1.99. The molecule has 162 valence electrons. The number of hydrogen-bond acceptors (Lipinski definition) is 4. The number of carbonyl (C=O) groups is 2. The molecular weight excluding hydrogens is 390 g/mol. The van der Waals surface area contributed by atoms with E-state index in [1.807, 2.05) is 54.6 Å². The zero-order valence-electron chi connectivity index (χ0n) is 18.5. The van der Waals surface area contributed by atoms with Crippen LogP contribution in [-0.2, 0) is 19.7 Å². The lowest BCUT2D eigenvalue weighted by molar-refractivity contribution is -0.130. The van der Waals surface area contributed by atoms with E-state index in [9.17, 15) is 14.7 Å². The Kier molecular flexibility index (Phi) is 6.76. The second-order valence-corrected chi connectivity index (χ2v) is 8.64. The summed E-state index contributed by atoms with van der Waals surface area (Å²) < 4.78 is 5.14. The van der Waals surface area contributed by atoms with Crippen LogP contribution < -0.4 is 0 Å². The maximum atomic E-state index is 13.1. The van der Waals surface area contributed by atoms with Gasteiger partial charge in [0.15, 0.2) is 11.5 Å². The van der Waals surface area contributed by atoms with E-state index in [1.54, 1.807) is 13.2 Å². The number of ether oxygens (including phenoxy) is 1. The zero-order valence-corrected chi connectivity index (χ0v) is 18.5. The first-order valence-corrected chi connectivity index (χ1v) is 10.3. The lowest BCUT2D eigenvalue weighted by atomic mass is 9.85. The number of methoxy groups -OCH3 is 1. The maximum absolute atomic E-state index is 13.1. The number of ketones is 1. The average molecular weight is 420 g/mol. The highest BCUT2D eigenvalue weighted by molar-refractivity contribution is 6.14. The van der Waals surface area contributed by atoms with Gasteiger partial charge >= 0.3 is 0 Å². The number of benzene rings is 2. The molecule has 1 N–H and O–H groups in total. The van der Waals surface area contributed by atoms with Crippen molar-refractivity contribution in [1.29, 1.82) is 0 Å². The summed E-state index contributed by atoms with van der Waals surface area (Å²) in [6.45, 7) is 6.95. The normalized spacial score (nSPS) is 17.1. The van der Waals surface area contributed by atoms with E-state index < -0.39 is 17.7 Å². The summed E-state index contributed by atoms with van der Waals surface area (Å²) in [5.41, 5.74) is 2.86. The molecule has 1 aliphatic rings. The summed E-state index contributed by atoms with van der Waals surface area (Å²) in [6, 6.07) is 16.6. The minimum atomic E-state index is -0.662. The Morgan fingerprint density at radius 1 is 1.10 bits per heavy atom. The van der Waals surface area contributed by atoms with Gasteiger partial charge in [0.05, 0.1) is 18.2 Å². The Morgan fingerprint density at radius 2 is 1.74 bits per heavy atom. The first-order valence-electron chi connectivity index (χ1n) is 10.3. The van der Waals surface area contributed by atoms with Crippen molar-refractivity contribution in [3.63, 3.8) is 0 Å². The van der Waals surface area contributed by atoms with Crippen molar-refractivity contribution in [3.05, 3.63) is 88.7 Å². The van der Waals surface area contributed by atoms with Gasteiger partial charge < -0.3 is 14.7 Å². The lowest BCUT2D eigenvalue weighted by Crippen LogP contribution is -2.33. The van der Waals surface area contributed by atoms with Gasteiger partial charge in [0, 0.05) is 13.7 Å². The monoisotopic (exact) mass is 419 g/mol. The smallest absolute Gasteiger partial charge is 0.290 e. The molecule has 1 heterocycles.